The summed E-state index contributed by atoms with van der Waals surface area (Å²) in [6.07, 6.45) is 1.87. The molecule has 0 fully saturated rings. The summed E-state index contributed by atoms with van der Waals surface area (Å²) in [7, 11) is 0. The second-order valence-corrected chi connectivity index (χ2v) is 5.40. The van der Waals surface area contributed by atoms with Crippen LogP contribution in [0.15, 0.2) is 59.2 Å². The molecular formula is C16H13BrN2O2. The number of H-pyrrole nitrogens is 1. The molecule has 1 heterocycles. The van der Waals surface area contributed by atoms with Gasteiger partial charge in [0.1, 0.15) is 5.75 Å². The van der Waals surface area contributed by atoms with Crippen molar-refractivity contribution in [2.24, 2.45) is 0 Å². The predicted octanol–water partition coefficient (Wildman–Crippen LogP) is 3.95. The van der Waals surface area contributed by atoms with Crippen molar-refractivity contribution in [1.29, 1.82) is 0 Å². The lowest BCUT2D eigenvalue weighted by atomic mass is 10.2. The number of hydrogen-bond acceptors (Lipinski definition) is 2. The first-order valence-corrected chi connectivity index (χ1v) is 7.26. The topological polar surface area (TPSA) is 54.1 Å². The maximum absolute atomic E-state index is 11.9. The van der Waals surface area contributed by atoms with Crippen molar-refractivity contribution in [3.8, 4) is 5.75 Å². The van der Waals surface area contributed by atoms with Gasteiger partial charge in [0.2, 0.25) is 0 Å². The number of nitrogens with one attached hydrogen (secondary N) is 2. The fraction of sp³-hybridized carbons (Fsp3) is 0.0625. The third-order valence-electron chi connectivity index (χ3n) is 3.04. The second kappa shape index (κ2) is 6.01. The molecule has 2 N–H and O–H groups in total. The second-order valence-electron chi connectivity index (χ2n) is 4.54. The fourth-order valence-corrected chi connectivity index (χ4v) is 2.40. The normalized spacial score (nSPS) is 10.5. The van der Waals surface area contributed by atoms with Crippen molar-refractivity contribution in [3.05, 3.63) is 59.2 Å². The first-order chi connectivity index (χ1) is 10.2. The van der Waals surface area contributed by atoms with Crippen molar-refractivity contribution in [2.45, 2.75) is 0 Å². The number of para-hydroxylation sites is 1. The number of aromatic amines is 1. The van der Waals surface area contributed by atoms with E-state index in [0.717, 1.165) is 21.1 Å². The van der Waals surface area contributed by atoms with E-state index in [9.17, 15) is 4.79 Å². The lowest BCUT2D eigenvalue weighted by Crippen LogP contribution is -2.20. The number of amides is 1. The third-order valence-corrected chi connectivity index (χ3v) is 3.73. The summed E-state index contributed by atoms with van der Waals surface area (Å²) in [4.78, 5) is 15.0. The van der Waals surface area contributed by atoms with E-state index < -0.39 is 0 Å². The van der Waals surface area contributed by atoms with Crippen LogP contribution in [-0.2, 0) is 4.79 Å². The molecule has 1 amide bonds. The maximum Gasteiger partial charge on any atom is 0.262 e. The fourth-order valence-electron chi connectivity index (χ4n) is 2.02. The Kier molecular flexibility index (Phi) is 3.92. The van der Waals surface area contributed by atoms with Gasteiger partial charge in [0.05, 0.1) is 5.69 Å². The molecule has 0 unspecified atom stereocenters. The van der Waals surface area contributed by atoms with Crippen LogP contribution >= 0.6 is 15.9 Å². The van der Waals surface area contributed by atoms with Gasteiger partial charge in [-0.25, -0.2) is 0 Å². The molecule has 3 aromatic rings. The van der Waals surface area contributed by atoms with Gasteiger partial charge < -0.3 is 15.0 Å². The molecule has 0 radical (unpaired) electrons. The van der Waals surface area contributed by atoms with Crippen LogP contribution in [-0.4, -0.2) is 17.5 Å². The maximum atomic E-state index is 11.9. The zero-order valence-electron chi connectivity index (χ0n) is 11.1. The first kappa shape index (κ1) is 13.7. The van der Waals surface area contributed by atoms with Crippen molar-refractivity contribution < 1.29 is 9.53 Å². The van der Waals surface area contributed by atoms with Gasteiger partial charge in [0.15, 0.2) is 6.61 Å². The molecular weight excluding hydrogens is 332 g/mol. The van der Waals surface area contributed by atoms with Gasteiger partial charge in [-0.2, -0.15) is 0 Å². The molecule has 21 heavy (non-hydrogen) atoms. The van der Waals surface area contributed by atoms with Crippen LogP contribution in [0.25, 0.3) is 10.9 Å². The summed E-state index contributed by atoms with van der Waals surface area (Å²) in [5.41, 5.74) is 1.77. The number of carbonyl (C=O) groups is 1. The molecule has 3 rings (SSSR count). The van der Waals surface area contributed by atoms with Crippen LogP contribution in [0.5, 0.6) is 5.75 Å². The first-order valence-electron chi connectivity index (χ1n) is 6.47. The molecule has 0 aliphatic rings. The van der Waals surface area contributed by atoms with Gasteiger partial charge in [0.25, 0.3) is 5.91 Å². The lowest BCUT2D eigenvalue weighted by Gasteiger charge is -2.09. The molecule has 1 aromatic heterocycles. The quantitative estimate of drug-likeness (QED) is 0.752. The number of anilines is 1. The van der Waals surface area contributed by atoms with Crippen LogP contribution in [0.3, 0.4) is 0 Å². The van der Waals surface area contributed by atoms with Gasteiger partial charge in [-0.15, -0.1) is 0 Å². The van der Waals surface area contributed by atoms with Gasteiger partial charge in [-0.1, -0.05) is 12.1 Å². The van der Waals surface area contributed by atoms with E-state index in [1.54, 1.807) is 0 Å². The highest BCUT2D eigenvalue weighted by Crippen LogP contribution is 2.22. The Morgan fingerprint density at radius 2 is 2.05 bits per heavy atom. The Hall–Kier alpha value is -2.27. The Bertz CT molecular complexity index is 783. The van der Waals surface area contributed by atoms with Gasteiger partial charge in [0, 0.05) is 21.6 Å². The van der Waals surface area contributed by atoms with Crippen LogP contribution in [0.1, 0.15) is 0 Å². The minimum atomic E-state index is -0.198. The van der Waals surface area contributed by atoms with Crippen LogP contribution in [0.4, 0.5) is 5.69 Å². The molecule has 0 saturated heterocycles. The summed E-state index contributed by atoms with van der Waals surface area (Å²) in [5.74, 6) is 0.473. The Balaban J connectivity index is 1.61. The number of aromatic nitrogens is 1. The zero-order chi connectivity index (χ0) is 14.7. The molecule has 0 spiro atoms. The van der Waals surface area contributed by atoms with E-state index in [-0.39, 0.29) is 12.5 Å². The Labute approximate surface area is 130 Å². The number of fused-ring (bicyclic) bond motifs is 1. The molecule has 106 valence electrons. The molecule has 0 aliphatic heterocycles. The molecule has 0 bridgehead atoms. The minimum absolute atomic E-state index is 0.0305. The summed E-state index contributed by atoms with van der Waals surface area (Å²) >= 11 is 3.38. The van der Waals surface area contributed by atoms with E-state index in [1.165, 1.54) is 0 Å². The van der Waals surface area contributed by atoms with Crippen molar-refractivity contribution >= 4 is 38.4 Å². The van der Waals surface area contributed by atoms with E-state index in [0.29, 0.717) is 5.75 Å². The number of rotatable bonds is 4. The summed E-state index contributed by atoms with van der Waals surface area (Å²) < 4.78 is 6.36. The Morgan fingerprint density at radius 3 is 2.90 bits per heavy atom. The minimum Gasteiger partial charge on any atom is -0.484 e. The SMILES string of the molecule is O=C(COc1ccc2[nH]ccc2c1)Nc1ccccc1Br. The molecule has 0 aliphatic carbocycles. The summed E-state index contributed by atoms with van der Waals surface area (Å²) in [6.45, 7) is -0.0305. The molecule has 2 aromatic carbocycles. The van der Waals surface area contributed by atoms with Crippen LogP contribution in [0, 0.1) is 0 Å². The molecule has 0 saturated carbocycles. The number of halogens is 1. The highest BCUT2D eigenvalue weighted by atomic mass is 79.9. The van der Waals surface area contributed by atoms with E-state index in [1.807, 2.05) is 54.7 Å². The highest BCUT2D eigenvalue weighted by molar-refractivity contribution is 9.10. The standard InChI is InChI=1S/C16H13BrN2O2/c17-13-3-1-2-4-15(13)19-16(20)10-21-12-5-6-14-11(9-12)7-8-18-14/h1-9,18H,10H2,(H,19,20). The van der Waals surface area contributed by atoms with Crippen molar-refractivity contribution in [1.82, 2.24) is 4.98 Å². The van der Waals surface area contributed by atoms with Crippen molar-refractivity contribution in [3.63, 3.8) is 0 Å². The van der Waals surface area contributed by atoms with Gasteiger partial charge >= 0.3 is 0 Å². The third kappa shape index (κ3) is 3.25. The highest BCUT2D eigenvalue weighted by Gasteiger charge is 2.06. The van der Waals surface area contributed by atoms with Gasteiger partial charge in [-0.05, 0) is 52.3 Å². The smallest absolute Gasteiger partial charge is 0.262 e. The van der Waals surface area contributed by atoms with Gasteiger partial charge in [-0.3, -0.25) is 4.79 Å². The van der Waals surface area contributed by atoms with E-state index in [2.05, 4.69) is 26.2 Å². The summed E-state index contributed by atoms with van der Waals surface area (Å²) in [5, 5.41) is 3.85. The lowest BCUT2D eigenvalue weighted by molar-refractivity contribution is -0.118. The van der Waals surface area contributed by atoms with E-state index >= 15 is 0 Å². The summed E-state index contributed by atoms with van der Waals surface area (Å²) in [6, 6.07) is 15.1. The molecule has 4 nitrogen and oxygen atoms in total. The number of benzene rings is 2. The zero-order valence-corrected chi connectivity index (χ0v) is 12.7. The largest absolute Gasteiger partial charge is 0.484 e. The molecule has 0 atom stereocenters. The number of carbonyl (C=O) groups excluding carboxylic acids is 1. The number of hydrogen-bond donors (Lipinski definition) is 2. The van der Waals surface area contributed by atoms with Crippen LogP contribution in [0.2, 0.25) is 0 Å². The average Bonchev–Trinajstić information content (AvgIpc) is 2.95. The monoisotopic (exact) mass is 344 g/mol. The average molecular weight is 345 g/mol. The predicted molar refractivity (Wildman–Crippen MR) is 86.6 cm³/mol. The molecule has 5 heteroatoms. The van der Waals surface area contributed by atoms with Crippen molar-refractivity contribution in [2.75, 3.05) is 11.9 Å². The van der Waals surface area contributed by atoms with E-state index in [4.69, 9.17) is 4.74 Å². The Morgan fingerprint density at radius 1 is 1.19 bits per heavy atom. The van der Waals surface area contributed by atoms with Crippen LogP contribution < -0.4 is 10.1 Å². The number of ether oxygens (including phenoxy) is 1.